The van der Waals surface area contributed by atoms with E-state index in [0.717, 1.165) is 22.0 Å². The predicted octanol–water partition coefficient (Wildman–Crippen LogP) is 4.41. The van der Waals surface area contributed by atoms with E-state index >= 15 is 0 Å². The van der Waals surface area contributed by atoms with Crippen LogP contribution in [0.1, 0.15) is 5.56 Å². The van der Waals surface area contributed by atoms with Crippen molar-refractivity contribution in [1.29, 1.82) is 5.26 Å². The van der Waals surface area contributed by atoms with E-state index < -0.39 is 11.6 Å². The number of rotatable bonds is 2. The van der Waals surface area contributed by atoms with Crippen molar-refractivity contribution in [3.8, 4) is 28.6 Å². The molecule has 120 valence electrons. The van der Waals surface area contributed by atoms with Gasteiger partial charge in [-0.15, -0.1) is 0 Å². The first-order valence-electron chi connectivity index (χ1n) is 7.63. The van der Waals surface area contributed by atoms with Crippen LogP contribution in [0.4, 0.5) is 4.39 Å². The number of aromatic hydroxyl groups is 1. The monoisotopic (exact) mass is 329 g/mol. The Kier molecular flexibility index (Phi) is 3.44. The van der Waals surface area contributed by atoms with Crippen LogP contribution in [0.15, 0.2) is 66.9 Å². The molecule has 0 aliphatic heterocycles. The maximum absolute atomic E-state index is 13.3. The standard InChI is InChI=1S/C20H12FN3O/c21-18-7-6-16(10-20(18)25)24-19-8-5-13(9-15(19)12-23-24)17-4-2-1-3-14(17)11-22/h1-10,12,25H. The molecule has 1 aromatic heterocycles. The van der Waals surface area contributed by atoms with Gasteiger partial charge >= 0.3 is 0 Å². The second kappa shape index (κ2) is 5.77. The fourth-order valence-electron chi connectivity index (χ4n) is 2.87. The Morgan fingerprint density at radius 3 is 2.68 bits per heavy atom. The van der Waals surface area contributed by atoms with E-state index in [1.165, 1.54) is 12.1 Å². The van der Waals surface area contributed by atoms with Crippen LogP contribution in [0.25, 0.3) is 27.7 Å². The molecule has 3 aromatic carbocycles. The molecule has 0 unspecified atom stereocenters. The minimum absolute atomic E-state index is 0.416. The molecule has 0 spiro atoms. The van der Waals surface area contributed by atoms with Crippen LogP contribution in [0.5, 0.6) is 5.75 Å². The van der Waals surface area contributed by atoms with Crippen LogP contribution in [0.2, 0.25) is 0 Å². The van der Waals surface area contributed by atoms with Gasteiger partial charge in [0.25, 0.3) is 0 Å². The largest absolute Gasteiger partial charge is 0.505 e. The highest BCUT2D eigenvalue weighted by atomic mass is 19.1. The Morgan fingerprint density at radius 2 is 1.88 bits per heavy atom. The molecular weight excluding hydrogens is 317 g/mol. The maximum Gasteiger partial charge on any atom is 0.164 e. The number of hydrogen-bond acceptors (Lipinski definition) is 3. The summed E-state index contributed by atoms with van der Waals surface area (Å²) < 4.78 is 14.9. The normalized spacial score (nSPS) is 10.7. The molecule has 5 heteroatoms. The van der Waals surface area contributed by atoms with Crippen LogP contribution < -0.4 is 0 Å². The third kappa shape index (κ3) is 2.50. The molecule has 0 bridgehead atoms. The minimum Gasteiger partial charge on any atom is -0.505 e. The van der Waals surface area contributed by atoms with E-state index in [0.29, 0.717) is 11.3 Å². The molecule has 4 nitrogen and oxygen atoms in total. The predicted molar refractivity (Wildman–Crippen MR) is 92.8 cm³/mol. The number of benzene rings is 3. The SMILES string of the molecule is N#Cc1ccccc1-c1ccc2c(cnn2-c2ccc(F)c(O)c2)c1. The Morgan fingerprint density at radius 1 is 1.04 bits per heavy atom. The number of phenols is 1. The van der Waals surface area contributed by atoms with Gasteiger partial charge in [0, 0.05) is 11.5 Å². The number of fused-ring (bicyclic) bond motifs is 1. The van der Waals surface area contributed by atoms with E-state index in [-0.39, 0.29) is 0 Å². The molecule has 1 heterocycles. The zero-order chi connectivity index (χ0) is 17.4. The summed E-state index contributed by atoms with van der Waals surface area (Å²) in [5.74, 6) is -1.09. The molecule has 0 fully saturated rings. The van der Waals surface area contributed by atoms with Gasteiger partial charge in [-0.2, -0.15) is 10.4 Å². The van der Waals surface area contributed by atoms with Crippen molar-refractivity contribution in [3.63, 3.8) is 0 Å². The van der Waals surface area contributed by atoms with E-state index in [1.54, 1.807) is 23.0 Å². The summed E-state index contributed by atoms with van der Waals surface area (Å²) in [5.41, 5.74) is 3.78. The third-order valence-corrected chi connectivity index (χ3v) is 4.10. The minimum atomic E-state index is -0.671. The topological polar surface area (TPSA) is 61.8 Å². The molecule has 4 aromatic rings. The summed E-state index contributed by atoms with van der Waals surface area (Å²) in [4.78, 5) is 0. The van der Waals surface area contributed by atoms with Crippen molar-refractivity contribution in [3.05, 3.63) is 78.2 Å². The summed E-state index contributed by atoms with van der Waals surface area (Å²) in [6, 6.07) is 19.5. The molecule has 1 N–H and O–H groups in total. The van der Waals surface area contributed by atoms with Gasteiger partial charge in [0.15, 0.2) is 11.6 Å². The number of nitrogens with zero attached hydrogens (tertiary/aromatic N) is 3. The van der Waals surface area contributed by atoms with Crippen molar-refractivity contribution in [2.45, 2.75) is 0 Å². The van der Waals surface area contributed by atoms with Gasteiger partial charge in [0.1, 0.15) is 0 Å². The van der Waals surface area contributed by atoms with Crippen LogP contribution in [-0.4, -0.2) is 14.9 Å². The molecule has 0 aliphatic carbocycles. The van der Waals surface area contributed by atoms with Gasteiger partial charge in [-0.25, -0.2) is 9.07 Å². The first-order chi connectivity index (χ1) is 12.2. The van der Waals surface area contributed by atoms with Crippen molar-refractivity contribution < 1.29 is 9.50 Å². The highest BCUT2D eigenvalue weighted by molar-refractivity contribution is 5.86. The zero-order valence-electron chi connectivity index (χ0n) is 13.0. The Balaban J connectivity index is 1.84. The number of phenolic OH excluding ortho intramolecular Hbond substituents is 1. The Labute approximate surface area is 143 Å². The molecular formula is C20H12FN3O. The molecule has 0 saturated carbocycles. The fraction of sp³-hybridized carbons (Fsp3) is 0. The summed E-state index contributed by atoms with van der Waals surface area (Å²) >= 11 is 0. The first-order valence-corrected chi connectivity index (χ1v) is 7.63. The number of hydrogen-bond donors (Lipinski definition) is 1. The third-order valence-electron chi connectivity index (χ3n) is 4.10. The van der Waals surface area contributed by atoms with Crippen LogP contribution in [0, 0.1) is 17.1 Å². The second-order valence-corrected chi connectivity index (χ2v) is 5.62. The fourth-order valence-corrected chi connectivity index (χ4v) is 2.87. The lowest BCUT2D eigenvalue weighted by Gasteiger charge is -2.07. The lowest BCUT2D eigenvalue weighted by Crippen LogP contribution is -1.96. The molecule has 0 saturated heterocycles. The lowest BCUT2D eigenvalue weighted by molar-refractivity contribution is 0.432. The highest BCUT2D eigenvalue weighted by Gasteiger charge is 2.10. The molecule has 0 amide bonds. The average molecular weight is 329 g/mol. The number of nitriles is 1. The van der Waals surface area contributed by atoms with E-state index in [9.17, 15) is 14.8 Å². The maximum atomic E-state index is 13.3. The van der Waals surface area contributed by atoms with Gasteiger partial charge in [-0.3, -0.25) is 0 Å². The van der Waals surface area contributed by atoms with Gasteiger partial charge in [0.05, 0.1) is 29.0 Å². The second-order valence-electron chi connectivity index (χ2n) is 5.62. The molecule has 25 heavy (non-hydrogen) atoms. The van der Waals surface area contributed by atoms with Crippen molar-refractivity contribution in [2.24, 2.45) is 0 Å². The Hall–Kier alpha value is -3.65. The zero-order valence-corrected chi connectivity index (χ0v) is 13.0. The molecule has 0 radical (unpaired) electrons. The summed E-state index contributed by atoms with van der Waals surface area (Å²) in [6.45, 7) is 0. The summed E-state index contributed by atoms with van der Waals surface area (Å²) in [6.07, 6.45) is 1.70. The highest BCUT2D eigenvalue weighted by Crippen LogP contribution is 2.29. The van der Waals surface area contributed by atoms with E-state index in [2.05, 4.69) is 11.2 Å². The van der Waals surface area contributed by atoms with Gasteiger partial charge in [-0.05, 0) is 41.5 Å². The van der Waals surface area contributed by atoms with Crippen molar-refractivity contribution >= 4 is 10.9 Å². The number of halogens is 1. The van der Waals surface area contributed by atoms with Gasteiger partial charge in [-0.1, -0.05) is 24.3 Å². The average Bonchev–Trinajstić information content (AvgIpc) is 3.07. The smallest absolute Gasteiger partial charge is 0.164 e. The Bertz CT molecular complexity index is 1140. The van der Waals surface area contributed by atoms with Gasteiger partial charge < -0.3 is 5.11 Å². The summed E-state index contributed by atoms with van der Waals surface area (Å²) in [7, 11) is 0. The van der Waals surface area contributed by atoms with Crippen LogP contribution in [0.3, 0.4) is 0 Å². The first kappa shape index (κ1) is 14.9. The van der Waals surface area contributed by atoms with Crippen molar-refractivity contribution in [2.75, 3.05) is 0 Å². The lowest BCUT2D eigenvalue weighted by atomic mass is 9.99. The van der Waals surface area contributed by atoms with E-state index in [1.807, 2.05) is 36.4 Å². The number of aromatic nitrogens is 2. The quantitative estimate of drug-likeness (QED) is 0.592. The molecule has 0 aliphatic rings. The van der Waals surface area contributed by atoms with E-state index in [4.69, 9.17) is 0 Å². The molecule has 4 rings (SSSR count). The van der Waals surface area contributed by atoms with Crippen molar-refractivity contribution in [1.82, 2.24) is 9.78 Å². The van der Waals surface area contributed by atoms with Crippen LogP contribution >= 0.6 is 0 Å². The van der Waals surface area contributed by atoms with Crippen LogP contribution in [-0.2, 0) is 0 Å². The van der Waals surface area contributed by atoms with Gasteiger partial charge in [0.2, 0.25) is 0 Å². The molecule has 0 atom stereocenters. The summed E-state index contributed by atoms with van der Waals surface area (Å²) in [5, 5.41) is 24.1.